The summed E-state index contributed by atoms with van der Waals surface area (Å²) in [6.45, 7) is 0. The summed E-state index contributed by atoms with van der Waals surface area (Å²) in [5, 5.41) is 2.57. The van der Waals surface area contributed by atoms with Crippen LogP contribution in [0.4, 0.5) is 0 Å². The second kappa shape index (κ2) is 10.9. The van der Waals surface area contributed by atoms with E-state index in [0.717, 1.165) is 39.2 Å². The average molecular weight is 607 g/mol. The standard InChI is InChI=1S/C41H26N4S/c1-3-12-27(13-4-1)32-18-10-20-34-35-21-11-19-33(39(35)46-38(32)34)28-14-9-15-29(24-28)40-42-25-30(26-43-40)41-44-36-22-7-8-23-37(36)45(41)31-16-5-2-6-17-31/h1-26H. The SMILES string of the molecule is c1ccc(-c2cccc3c2sc2c(-c4cccc(-c5ncc(-c6nc7ccccc7n6-c6ccccc6)cn5)c4)cccc23)cc1. The largest absolute Gasteiger partial charge is 0.292 e. The lowest BCUT2D eigenvalue weighted by atomic mass is 9.99. The fourth-order valence-electron chi connectivity index (χ4n) is 6.37. The average Bonchev–Trinajstić information content (AvgIpc) is 3.72. The molecule has 0 saturated heterocycles. The van der Waals surface area contributed by atoms with E-state index in [9.17, 15) is 0 Å². The number of hydrogen-bond donors (Lipinski definition) is 0. The first-order valence-electron chi connectivity index (χ1n) is 15.3. The van der Waals surface area contributed by atoms with Gasteiger partial charge in [-0.2, -0.15) is 0 Å². The van der Waals surface area contributed by atoms with Crippen LogP contribution in [-0.2, 0) is 0 Å². The molecule has 0 amide bonds. The Hall–Kier alpha value is -5.91. The maximum atomic E-state index is 4.97. The molecule has 0 N–H and O–H groups in total. The molecule has 3 heterocycles. The number of rotatable bonds is 5. The summed E-state index contributed by atoms with van der Waals surface area (Å²) in [6.07, 6.45) is 3.76. The second-order valence-corrected chi connectivity index (χ2v) is 12.3. The van der Waals surface area contributed by atoms with E-state index in [4.69, 9.17) is 15.0 Å². The van der Waals surface area contributed by atoms with Gasteiger partial charge in [-0.25, -0.2) is 15.0 Å². The van der Waals surface area contributed by atoms with Crippen molar-refractivity contribution >= 4 is 42.5 Å². The summed E-state index contributed by atoms with van der Waals surface area (Å²) in [6, 6.07) is 50.9. The van der Waals surface area contributed by atoms with Crippen LogP contribution in [0.1, 0.15) is 0 Å². The van der Waals surface area contributed by atoms with E-state index in [0.29, 0.717) is 5.82 Å². The second-order valence-electron chi connectivity index (χ2n) is 11.3. The number of para-hydroxylation sites is 3. The number of benzene rings is 6. The Bertz CT molecular complexity index is 2510. The first kappa shape index (κ1) is 26.5. The first-order valence-corrected chi connectivity index (χ1v) is 16.1. The molecule has 5 heteroatoms. The van der Waals surface area contributed by atoms with E-state index in [2.05, 4.69) is 114 Å². The zero-order chi connectivity index (χ0) is 30.5. The number of nitrogens with zero attached hydrogens (tertiary/aromatic N) is 4. The molecular formula is C41H26N4S. The first-order chi connectivity index (χ1) is 22.8. The topological polar surface area (TPSA) is 43.6 Å². The van der Waals surface area contributed by atoms with Crippen LogP contribution in [0.3, 0.4) is 0 Å². The third-order valence-corrected chi connectivity index (χ3v) is 9.81. The van der Waals surface area contributed by atoms with Crippen LogP contribution in [0.2, 0.25) is 0 Å². The van der Waals surface area contributed by atoms with Gasteiger partial charge in [-0.15, -0.1) is 11.3 Å². The number of fused-ring (bicyclic) bond motifs is 4. The Balaban J connectivity index is 1.11. The molecule has 0 aliphatic heterocycles. The van der Waals surface area contributed by atoms with Gasteiger partial charge in [0.2, 0.25) is 0 Å². The van der Waals surface area contributed by atoms with E-state index in [-0.39, 0.29) is 0 Å². The third-order valence-electron chi connectivity index (χ3n) is 8.53. The van der Waals surface area contributed by atoms with Gasteiger partial charge in [-0.05, 0) is 52.6 Å². The Morgan fingerprint density at radius 1 is 0.478 bits per heavy atom. The predicted molar refractivity (Wildman–Crippen MR) is 191 cm³/mol. The van der Waals surface area contributed by atoms with Crippen molar-refractivity contribution in [2.24, 2.45) is 0 Å². The number of hydrogen-bond acceptors (Lipinski definition) is 4. The summed E-state index contributed by atoms with van der Waals surface area (Å²) in [7, 11) is 0. The molecule has 6 aromatic carbocycles. The van der Waals surface area contributed by atoms with Gasteiger partial charge in [-0.1, -0.05) is 115 Å². The van der Waals surface area contributed by atoms with E-state index in [1.54, 1.807) is 0 Å². The van der Waals surface area contributed by atoms with Crippen LogP contribution in [-0.4, -0.2) is 19.5 Å². The molecule has 3 aromatic heterocycles. The predicted octanol–water partition coefficient (Wildman–Crippen LogP) is 10.9. The fraction of sp³-hybridized carbons (Fsp3) is 0. The molecule has 0 radical (unpaired) electrons. The van der Waals surface area contributed by atoms with Crippen LogP contribution >= 0.6 is 11.3 Å². The minimum atomic E-state index is 0.683. The van der Waals surface area contributed by atoms with Crippen molar-refractivity contribution < 1.29 is 0 Å². The molecule has 0 unspecified atom stereocenters. The van der Waals surface area contributed by atoms with Gasteiger partial charge < -0.3 is 0 Å². The van der Waals surface area contributed by atoms with E-state index in [1.165, 1.54) is 36.9 Å². The minimum Gasteiger partial charge on any atom is -0.292 e. The lowest BCUT2D eigenvalue weighted by Gasteiger charge is -2.10. The Labute approximate surface area is 269 Å². The van der Waals surface area contributed by atoms with E-state index >= 15 is 0 Å². The molecule has 9 aromatic rings. The zero-order valence-electron chi connectivity index (χ0n) is 24.7. The molecule has 0 aliphatic carbocycles. The van der Waals surface area contributed by atoms with Gasteiger partial charge >= 0.3 is 0 Å². The lowest BCUT2D eigenvalue weighted by molar-refractivity contribution is 1.08. The normalized spacial score (nSPS) is 11.5. The van der Waals surface area contributed by atoms with Crippen molar-refractivity contribution in [1.82, 2.24) is 19.5 Å². The lowest BCUT2D eigenvalue weighted by Crippen LogP contribution is -1.99. The van der Waals surface area contributed by atoms with Crippen molar-refractivity contribution in [2.45, 2.75) is 0 Å². The van der Waals surface area contributed by atoms with Crippen LogP contribution in [0.25, 0.3) is 81.9 Å². The maximum absolute atomic E-state index is 4.97. The fourth-order valence-corrected chi connectivity index (χ4v) is 7.74. The highest BCUT2D eigenvalue weighted by Crippen LogP contribution is 2.44. The monoisotopic (exact) mass is 606 g/mol. The smallest absolute Gasteiger partial charge is 0.159 e. The van der Waals surface area contributed by atoms with Gasteiger partial charge in [0, 0.05) is 43.8 Å². The molecule has 0 bridgehead atoms. The molecule has 216 valence electrons. The highest BCUT2D eigenvalue weighted by atomic mass is 32.1. The van der Waals surface area contributed by atoms with Gasteiger partial charge in [0.05, 0.1) is 16.6 Å². The Morgan fingerprint density at radius 3 is 1.80 bits per heavy atom. The van der Waals surface area contributed by atoms with Crippen LogP contribution < -0.4 is 0 Å². The number of thiophene rings is 1. The van der Waals surface area contributed by atoms with E-state index < -0.39 is 0 Å². The van der Waals surface area contributed by atoms with Crippen molar-refractivity contribution in [3.05, 3.63) is 158 Å². The highest BCUT2D eigenvalue weighted by molar-refractivity contribution is 7.26. The van der Waals surface area contributed by atoms with Gasteiger partial charge in [0.1, 0.15) is 5.82 Å². The number of imidazole rings is 1. The van der Waals surface area contributed by atoms with E-state index in [1.807, 2.05) is 60.1 Å². The minimum absolute atomic E-state index is 0.683. The molecule has 0 aliphatic rings. The molecule has 9 rings (SSSR count). The summed E-state index contributed by atoms with van der Waals surface area (Å²) >= 11 is 1.87. The van der Waals surface area contributed by atoms with Gasteiger partial charge in [-0.3, -0.25) is 4.57 Å². The third kappa shape index (κ3) is 4.40. The summed E-state index contributed by atoms with van der Waals surface area (Å²) in [5.41, 5.74) is 9.75. The van der Waals surface area contributed by atoms with Crippen molar-refractivity contribution in [3.8, 4) is 50.7 Å². The van der Waals surface area contributed by atoms with Crippen LogP contribution in [0, 0.1) is 0 Å². The Morgan fingerprint density at radius 2 is 1.07 bits per heavy atom. The molecule has 46 heavy (non-hydrogen) atoms. The quantitative estimate of drug-likeness (QED) is 0.196. The molecule has 4 nitrogen and oxygen atoms in total. The number of aromatic nitrogens is 4. The summed E-state index contributed by atoms with van der Waals surface area (Å²) in [5.74, 6) is 1.50. The molecule has 0 fully saturated rings. The van der Waals surface area contributed by atoms with Crippen molar-refractivity contribution in [3.63, 3.8) is 0 Å². The molecule has 0 atom stereocenters. The maximum Gasteiger partial charge on any atom is 0.159 e. The van der Waals surface area contributed by atoms with Gasteiger partial charge in [0.25, 0.3) is 0 Å². The van der Waals surface area contributed by atoms with Crippen LogP contribution in [0.15, 0.2) is 158 Å². The van der Waals surface area contributed by atoms with Crippen LogP contribution in [0.5, 0.6) is 0 Å². The highest BCUT2D eigenvalue weighted by Gasteiger charge is 2.17. The van der Waals surface area contributed by atoms with Gasteiger partial charge in [0.15, 0.2) is 5.82 Å². The summed E-state index contributed by atoms with van der Waals surface area (Å²) < 4.78 is 4.77. The molecular weight excluding hydrogens is 581 g/mol. The zero-order valence-corrected chi connectivity index (χ0v) is 25.5. The Kier molecular flexibility index (Phi) is 6.28. The van der Waals surface area contributed by atoms with Crippen molar-refractivity contribution in [1.29, 1.82) is 0 Å². The molecule has 0 saturated carbocycles. The molecule has 0 spiro atoms. The summed E-state index contributed by atoms with van der Waals surface area (Å²) in [4.78, 5) is 14.7. The van der Waals surface area contributed by atoms with Crippen molar-refractivity contribution in [2.75, 3.05) is 0 Å².